The maximum Gasteiger partial charge on any atom is 0.227 e. The van der Waals surface area contributed by atoms with Crippen LogP contribution in [0.1, 0.15) is 25.8 Å². The number of rotatable bonds is 3. The Kier molecular flexibility index (Phi) is 4.22. The Hall–Kier alpha value is -2.14. The largest absolute Gasteiger partial charge is 0.342 e. The lowest BCUT2D eigenvalue weighted by Gasteiger charge is -2.42. The first kappa shape index (κ1) is 15.7. The van der Waals surface area contributed by atoms with Gasteiger partial charge in [0.1, 0.15) is 0 Å². The third kappa shape index (κ3) is 3.45. The number of carbonyl (C=O) groups is 1. The van der Waals surface area contributed by atoms with Crippen LogP contribution in [0.15, 0.2) is 42.7 Å². The van der Waals surface area contributed by atoms with Gasteiger partial charge in [-0.25, -0.2) is 4.68 Å². The number of nitrogens with zero attached hydrogens (tertiary/aromatic N) is 3. The van der Waals surface area contributed by atoms with Crippen molar-refractivity contribution >= 4 is 5.91 Å². The monoisotopic (exact) mass is 312 g/mol. The van der Waals surface area contributed by atoms with Crippen LogP contribution in [-0.2, 0) is 11.2 Å². The number of carbonyl (C=O) groups excluding carboxylic acids is 1. The first-order valence-corrected chi connectivity index (χ1v) is 8.08. The summed E-state index contributed by atoms with van der Waals surface area (Å²) in [6, 6.07) is 10.0. The number of likely N-dealkylation sites (tertiary alicyclic amines) is 1. The molecule has 0 spiro atoms. The van der Waals surface area contributed by atoms with Gasteiger partial charge in [-0.15, -0.1) is 0 Å². The Bertz CT molecular complexity index is 661. The van der Waals surface area contributed by atoms with E-state index < -0.39 is 0 Å². The van der Waals surface area contributed by atoms with Crippen LogP contribution in [0.3, 0.4) is 0 Å². The molecule has 3 rings (SSSR count). The second-order valence-corrected chi connectivity index (χ2v) is 6.99. The van der Waals surface area contributed by atoms with E-state index in [1.165, 1.54) is 0 Å². The van der Waals surface area contributed by atoms with Gasteiger partial charge < -0.3 is 10.6 Å². The topological polar surface area (TPSA) is 64.2 Å². The van der Waals surface area contributed by atoms with E-state index in [2.05, 4.69) is 18.9 Å². The molecule has 1 saturated heterocycles. The fourth-order valence-electron chi connectivity index (χ4n) is 3.06. The molecule has 0 aliphatic carbocycles. The van der Waals surface area contributed by atoms with E-state index in [9.17, 15) is 4.79 Å². The average molecular weight is 312 g/mol. The summed E-state index contributed by atoms with van der Waals surface area (Å²) < 4.78 is 1.81. The van der Waals surface area contributed by atoms with Crippen LogP contribution in [0.5, 0.6) is 0 Å². The predicted octanol–water partition coefficient (Wildman–Crippen LogP) is 2.00. The third-order valence-corrected chi connectivity index (χ3v) is 4.73. The molecule has 1 fully saturated rings. The Labute approximate surface area is 137 Å². The molecule has 5 nitrogen and oxygen atoms in total. The molecule has 0 saturated carbocycles. The molecule has 2 heterocycles. The van der Waals surface area contributed by atoms with Gasteiger partial charge in [-0.05, 0) is 35.6 Å². The molecule has 1 atom stereocenters. The normalized spacial score (nSPS) is 20.5. The van der Waals surface area contributed by atoms with Gasteiger partial charge in [-0.1, -0.05) is 26.0 Å². The van der Waals surface area contributed by atoms with Crippen LogP contribution in [0.4, 0.5) is 0 Å². The summed E-state index contributed by atoms with van der Waals surface area (Å²) in [6.07, 6.45) is 4.96. The summed E-state index contributed by atoms with van der Waals surface area (Å²) in [5.41, 5.74) is 8.15. The standard InChI is InChI=1S/C18H24N4O/c1-18(2)13-21(11-8-16(18)19)17(23)12-14-4-6-15(7-5-14)22-10-3-9-20-22/h3-7,9-10,16H,8,11-13,19H2,1-2H3. The maximum atomic E-state index is 12.5. The third-order valence-electron chi connectivity index (χ3n) is 4.73. The number of aromatic nitrogens is 2. The van der Waals surface area contributed by atoms with Crippen molar-refractivity contribution in [3.8, 4) is 5.69 Å². The lowest BCUT2D eigenvalue weighted by Crippen LogP contribution is -2.54. The van der Waals surface area contributed by atoms with Crippen LogP contribution in [-0.4, -0.2) is 39.7 Å². The Morgan fingerprint density at radius 2 is 2.09 bits per heavy atom. The first-order valence-electron chi connectivity index (χ1n) is 8.08. The second kappa shape index (κ2) is 6.16. The lowest BCUT2D eigenvalue weighted by atomic mass is 9.79. The van der Waals surface area contributed by atoms with Gasteiger partial charge >= 0.3 is 0 Å². The number of amides is 1. The second-order valence-electron chi connectivity index (χ2n) is 6.99. The molecule has 1 aliphatic rings. The highest BCUT2D eigenvalue weighted by Crippen LogP contribution is 2.28. The van der Waals surface area contributed by atoms with E-state index in [1.807, 2.05) is 41.4 Å². The summed E-state index contributed by atoms with van der Waals surface area (Å²) in [6.45, 7) is 5.76. The molecule has 23 heavy (non-hydrogen) atoms. The summed E-state index contributed by atoms with van der Waals surface area (Å²) >= 11 is 0. The smallest absolute Gasteiger partial charge is 0.227 e. The molecule has 1 amide bonds. The Morgan fingerprint density at radius 1 is 1.35 bits per heavy atom. The zero-order chi connectivity index (χ0) is 16.4. The highest BCUT2D eigenvalue weighted by atomic mass is 16.2. The van der Waals surface area contributed by atoms with Gasteiger partial charge in [0.15, 0.2) is 0 Å². The minimum Gasteiger partial charge on any atom is -0.342 e. The Morgan fingerprint density at radius 3 is 2.70 bits per heavy atom. The average Bonchev–Trinajstić information content (AvgIpc) is 3.05. The van der Waals surface area contributed by atoms with Gasteiger partial charge in [0.05, 0.1) is 12.1 Å². The molecule has 1 aliphatic heterocycles. The summed E-state index contributed by atoms with van der Waals surface area (Å²) in [5.74, 6) is 0.178. The zero-order valence-corrected chi connectivity index (χ0v) is 13.8. The molecule has 1 aromatic heterocycles. The van der Waals surface area contributed by atoms with Gasteiger partial charge in [0.2, 0.25) is 5.91 Å². The molecule has 1 aromatic carbocycles. The fourth-order valence-corrected chi connectivity index (χ4v) is 3.06. The quantitative estimate of drug-likeness (QED) is 0.943. The molecule has 1 unspecified atom stereocenters. The van der Waals surface area contributed by atoms with Crippen LogP contribution in [0, 0.1) is 5.41 Å². The molecule has 2 N–H and O–H groups in total. The minimum absolute atomic E-state index is 0.0160. The van der Waals surface area contributed by atoms with E-state index in [0.29, 0.717) is 6.42 Å². The van der Waals surface area contributed by atoms with Crippen LogP contribution < -0.4 is 5.73 Å². The molecule has 0 bridgehead atoms. The lowest BCUT2D eigenvalue weighted by molar-refractivity contribution is -0.133. The first-order chi connectivity index (χ1) is 11.0. The Balaban J connectivity index is 1.64. The number of benzene rings is 1. The van der Waals surface area contributed by atoms with Crippen molar-refractivity contribution in [2.75, 3.05) is 13.1 Å². The van der Waals surface area contributed by atoms with Gasteiger partial charge in [-0.2, -0.15) is 5.10 Å². The molecule has 0 radical (unpaired) electrons. The van der Waals surface area contributed by atoms with Crippen LogP contribution >= 0.6 is 0 Å². The summed E-state index contributed by atoms with van der Waals surface area (Å²) in [4.78, 5) is 14.5. The molecular formula is C18H24N4O. The zero-order valence-electron chi connectivity index (χ0n) is 13.8. The molecular weight excluding hydrogens is 288 g/mol. The van der Waals surface area contributed by atoms with Crippen molar-refractivity contribution in [3.05, 3.63) is 48.3 Å². The summed E-state index contributed by atoms with van der Waals surface area (Å²) in [5, 5.41) is 4.20. The van der Waals surface area contributed by atoms with Crippen molar-refractivity contribution in [3.63, 3.8) is 0 Å². The number of hydrogen-bond donors (Lipinski definition) is 1. The highest BCUT2D eigenvalue weighted by molar-refractivity contribution is 5.79. The van der Waals surface area contributed by atoms with Crippen LogP contribution in [0.25, 0.3) is 5.69 Å². The highest BCUT2D eigenvalue weighted by Gasteiger charge is 2.35. The van der Waals surface area contributed by atoms with Crippen molar-refractivity contribution < 1.29 is 4.79 Å². The van der Waals surface area contributed by atoms with Crippen molar-refractivity contribution in [1.82, 2.24) is 14.7 Å². The van der Waals surface area contributed by atoms with Crippen molar-refractivity contribution in [2.24, 2.45) is 11.1 Å². The van der Waals surface area contributed by atoms with Gasteiger partial charge in [0.25, 0.3) is 0 Å². The van der Waals surface area contributed by atoms with Crippen molar-refractivity contribution in [2.45, 2.75) is 32.7 Å². The number of piperidine rings is 1. The minimum atomic E-state index is -0.0160. The fraction of sp³-hybridized carbons (Fsp3) is 0.444. The molecule has 5 heteroatoms. The van der Waals surface area contributed by atoms with Crippen molar-refractivity contribution in [1.29, 1.82) is 0 Å². The summed E-state index contributed by atoms with van der Waals surface area (Å²) in [7, 11) is 0. The van der Waals surface area contributed by atoms with E-state index >= 15 is 0 Å². The number of nitrogens with two attached hydrogens (primary N) is 1. The van der Waals surface area contributed by atoms with Gasteiger partial charge in [0, 0.05) is 31.5 Å². The number of hydrogen-bond acceptors (Lipinski definition) is 3. The van der Waals surface area contributed by atoms with E-state index in [-0.39, 0.29) is 17.4 Å². The molecule has 2 aromatic rings. The SMILES string of the molecule is CC1(C)CN(C(=O)Cc2ccc(-n3cccn3)cc2)CCC1N. The van der Waals surface area contributed by atoms with E-state index in [4.69, 9.17) is 5.73 Å². The predicted molar refractivity (Wildman–Crippen MR) is 90.2 cm³/mol. The van der Waals surface area contributed by atoms with Gasteiger partial charge in [-0.3, -0.25) is 4.79 Å². The van der Waals surface area contributed by atoms with E-state index in [1.54, 1.807) is 10.9 Å². The maximum absolute atomic E-state index is 12.5. The van der Waals surface area contributed by atoms with Crippen LogP contribution in [0.2, 0.25) is 0 Å². The van der Waals surface area contributed by atoms with E-state index in [0.717, 1.165) is 30.8 Å². The molecule has 122 valence electrons.